The molecule has 0 saturated carbocycles. The molecule has 11 heteroatoms. The van der Waals surface area contributed by atoms with Crippen LogP contribution in [0.15, 0.2) is 24.3 Å². The molecule has 6 nitrogen and oxygen atoms in total. The van der Waals surface area contributed by atoms with Crippen LogP contribution in [0, 0.1) is 24.0 Å². The molecule has 2 aromatic rings. The first-order valence-corrected chi connectivity index (χ1v) is 10.8. The summed E-state index contributed by atoms with van der Waals surface area (Å²) in [6, 6.07) is 4.40. The maximum absolute atomic E-state index is 13.8. The molecular formula is C22H22F5N5O. The van der Waals surface area contributed by atoms with Gasteiger partial charge in [0.1, 0.15) is 17.5 Å². The van der Waals surface area contributed by atoms with Crippen molar-refractivity contribution in [2.45, 2.75) is 38.4 Å². The minimum Gasteiger partial charge on any atom is -0.356 e. The third-order valence-electron chi connectivity index (χ3n) is 6.82. The van der Waals surface area contributed by atoms with Crippen LogP contribution in [0.1, 0.15) is 42.4 Å². The molecule has 3 saturated heterocycles. The minimum absolute atomic E-state index is 0.0934. The van der Waals surface area contributed by atoms with Gasteiger partial charge >= 0.3 is 6.18 Å². The fraction of sp³-hybridized carbons (Fsp3) is 0.500. The van der Waals surface area contributed by atoms with E-state index >= 15 is 0 Å². The van der Waals surface area contributed by atoms with E-state index < -0.39 is 35.1 Å². The van der Waals surface area contributed by atoms with E-state index in [2.05, 4.69) is 9.97 Å². The Morgan fingerprint density at radius 1 is 1.00 bits per heavy atom. The van der Waals surface area contributed by atoms with Gasteiger partial charge in [0, 0.05) is 44.0 Å². The molecule has 0 aliphatic carbocycles. The molecule has 33 heavy (non-hydrogen) atoms. The van der Waals surface area contributed by atoms with Crippen LogP contribution >= 0.6 is 0 Å². The molecule has 1 amide bonds. The number of hydrazine groups is 1. The topological polar surface area (TPSA) is 52.6 Å². The van der Waals surface area contributed by atoms with Crippen LogP contribution < -0.4 is 4.90 Å². The molecule has 3 fully saturated rings. The largest absolute Gasteiger partial charge is 0.451 e. The Balaban J connectivity index is 1.34. The molecule has 0 bridgehead atoms. The number of hydrogen-bond donors (Lipinski definition) is 0. The fourth-order valence-electron chi connectivity index (χ4n) is 5.24. The van der Waals surface area contributed by atoms with Gasteiger partial charge < -0.3 is 4.90 Å². The Hall–Kier alpha value is -2.82. The highest BCUT2D eigenvalue weighted by molar-refractivity contribution is 5.85. The van der Waals surface area contributed by atoms with Crippen molar-refractivity contribution in [3.05, 3.63) is 53.0 Å². The number of carbonyl (C=O) groups is 1. The molecule has 3 aliphatic heterocycles. The van der Waals surface area contributed by atoms with Crippen LogP contribution in [0.25, 0.3) is 0 Å². The number of nitrogens with zero attached hydrogens (tertiary/aromatic N) is 5. The molecule has 1 spiro atoms. The first-order chi connectivity index (χ1) is 15.6. The van der Waals surface area contributed by atoms with Gasteiger partial charge in [0.15, 0.2) is 0 Å². The van der Waals surface area contributed by atoms with Crippen LogP contribution in [0.3, 0.4) is 0 Å². The number of piperidine rings is 1. The second-order valence-corrected chi connectivity index (χ2v) is 9.00. The van der Waals surface area contributed by atoms with Gasteiger partial charge in [-0.3, -0.25) is 9.80 Å². The molecule has 0 radical (unpaired) electrons. The summed E-state index contributed by atoms with van der Waals surface area (Å²) in [4.78, 5) is 22.4. The summed E-state index contributed by atoms with van der Waals surface area (Å²) < 4.78 is 66.9. The minimum atomic E-state index is -4.64. The predicted molar refractivity (Wildman–Crippen MR) is 108 cm³/mol. The van der Waals surface area contributed by atoms with Crippen LogP contribution in [-0.2, 0) is 11.0 Å². The van der Waals surface area contributed by atoms with Gasteiger partial charge in [0.2, 0.25) is 11.7 Å². The van der Waals surface area contributed by atoms with E-state index in [-0.39, 0.29) is 17.4 Å². The zero-order valence-electron chi connectivity index (χ0n) is 17.9. The molecule has 4 heterocycles. The summed E-state index contributed by atoms with van der Waals surface area (Å²) in [7, 11) is 0. The Morgan fingerprint density at radius 2 is 1.67 bits per heavy atom. The second kappa shape index (κ2) is 7.61. The number of aryl methyl sites for hydroxylation is 1. The maximum Gasteiger partial charge on any atom is 0.451 e. The molecular weight excluding hydrogens is 445 g/mol. The quantitative estimate of drug-likeness (QED) is 0.628. The Morgan fingerprint density at radius 3 is 2.30 bits per heavy atom. The highest BCUT2D eigenvalue weighted by Gasteiger charge is 2.56. The lowest BCUT2D eigenvalue weighted by molar-refractivity contribution is -0.145. The van der Waals surface area contributed by atoms with Crippen molar-refractivity contribution in [2.75, 3.05) is 31.1 Å². The number of aromatic nitrogens is 2. The number of fused-ring (bicyclic) bond motifs is 1. The van der Waals surface area contributed by atoms with Crippen LogP contribution in [0.5, 0.6) is 0 Å². The monoisotopic (exact) mass is 467 g/mol. The Bertz CT molecular complexity index is 1080. The van der Waals surface area contributed by atoms with Gasteiger partial charge in [-0.05, 0) is 43.9 Å². The standard InChI is InChI=1S/C22H22F5N5O/c1-13-8-18(29-19(28-13)22(25,26)27)30-6-3-21(4-7-30)12-31-5-2-17(32(31)20(21)33)14-9-15(23)11-16(24)10-14/h8-11,17H,2-7,12H2,1H3/t17-/m0/s1. The molecule has 5 rings (SSSR count). The number of benzene rings is 1. The van der Waals surface area contributed by atoms with E-state index in [1.54, 1.807) is 9.91 Å². The normalized spacial score (nSPS) is 23.0. The zero-order valence-corrected chi connectivity index (χ0v) is 17.9. The van der Waals surface area contributed by atoms with Crippen LogP contribution in [-0.4, -0.2) is 52.1 Å². The van der Waals surface area contributed by atoms with Crippen molar-refractivity contribution in [3.63, 3.8) is 0 Å². The van der Waals surface area contributed by atoms with E-state index in [9.17, 15) is 26.7 Å². The number of halogens is 5. The molecule has 0 unspecified atom stereocenters. The molecule has 1 atom stereocenters. The van der Waals surface area contributed by atoms with Crippen molar-refractivity contribution in [2.24, 2.45) is 5.41 Å². The number of amides is 1. The Kier molecular flexibility index (Phi) is 5.07. The van der Waals surface area contributed by atoms with Gasteiger partial charge in [0.05, 0.1) is 11.5 Å². The highest BCUT2D eigenvalue weighted by atomic mass is 19.4. The lowest BCUT2D eigenvalue weighted by Crippen LogP contribution is -2.46. The van der Waals surface area contributed by atoms with Crippen molar-refractivity contribution in [1.29, 1.82) is 0 Å². The maximum atomic E-state index is 13.8. The number of carbonyl (C=O) groups excluding carboxylic acids is 1. The van der Waals surface area contributed by atoms with Crippen molar-refractivity contribution < 1.29 is 26.7 Å². The number of anilines is 1. The Labute approximate surface area is 187 Å². The summed E-state index contributed by atoms with van der Waals surface area (Å²) in [6.45, 7) is 3.33. The van der Waals surface area contributed by atoms with E-state index in [1.165, 1.54) is 25.1 Å². The molecule has 3 aliphatic rings. The van der Waals surface area contributed by atoms with Gasteiger partial charge in [-0.1, -0.05) is 0 Å². The van der Waals surface area contributed by atoms with Crippen molar-refractivity contribution in [1.82, 2.24) is 20.0 Å². The van der Waals surface area contributed by atoms with E-state index in [4.69, 9.17) is 0 Å². The summed E-state index contributed by atoms with van der Waals surface area (Å²) >= 11 is 0. The SMILES string of the molecule is Cc1cc(N2CCC3(CC2)CN2CC[C@@H](c4cc(F)cc(F)c4)N2C3=O)nc(C(F)(F)F)n1. The summed E-state index contributed by atoms with van der Waals surface area (Å²) in [5.74, 6) is -2.44. The molecule has 176 valence electrons. The molecule has 1 aromatic heterocycles. The van der Waals surface area contributed by atoms with Crippen molar-refractivity contribution in [3.8, 4) is 0 Å². The number of alkyl halides is 3. The third-order valence-corrected chi connectivity index (χ3v) is 6.82. The van der Waals surface area contributed by atoms with Gasteiger partial charge in [0.25, 0.3) is 0 Å². The molecule has 0 N–H and O–H groups in total. The lowest BCUT2D eigenvalue weighted by Gasteiger charge is -2.38. The van der Waals surface area contributed by atoms with Gasteiger partial charge in [-0.25, -0.2) is 23.8 Å². The predicted octanol–water partition coefficient (Wildman–Crippen LogP) is 3.87. The average molecular weight is 467 g/mol. The van der Waals surface area contributed by atoms with E-state index in [0.717, 1.165) is 6.07 Å². The van der Waals surface area contributed by atoms with Gasteiger partial charge in [-0.15, -0.1) is 0 Å². The molecule has 1 aromatic carbocycles. The van der Waals surface area contributed by atoms with Gasteiger partial charge in [-0.2, -0.15) is 13.2 Å². The van der Waals surface area contributed by atoms with Crippen LogP contribution in [0.4, 0.5) is 27.8 Å². The lowest BCUT2D eigenvalue weighted by atomic mass is 9.77. The first-order valence-electron chi connectivity index (χ1n) is 10.8. The second-order valence-electron chi connectivity index (χ2n) is 9.00. The summed E-state index contributed by atoms with van der Waals surface area (Å²) in [6.07, 6.45) is -3.15. The van der Waals surface area contributed by atoms with Crippen molar-refractivity contribution >= 4 is 11.7 Å². The number of hydrogen-bond acceptors (Lipinski definition) is 5. The third kappa shape index (κ3) is 3.81. The van der Waals surface area contributed by atoms with E-state index in [0.29, 0.717) is 51.0 Å². The smallest absolute Gasteiger partial charge is 0.356 e. The number of rotatable bonds is 2. The summed E-state index contributed by atoms with van der Waals surface area (Å²) in [5.41, 5.74) is -0.0221. The zero-order chi connectivity index (χ0) is 23.5. The first kappa shape index (κ1) is 22.0. The summed E-state index contributed by atoms with van der Waals surface area (Å²) in [5, 5.41) is 3.56. The van der Waals surface area contributed by atoms with E-state index in [1.807, 2.05) is 5.01 Å². The average Bonchev–Trinajstić information content (AvgIpc) is 3.25. The fourth-order valence-corrected chi connectivity index (χ4v) is 5.24. The van der Waals surface area contributed by atoms with Crippen LogP contribution in [0.2, 0.25) is 0 Å². The highest BCUT2D eigenvalue weighted by Crippen LogP contribution is 2.47.